The molecule has 0 radical (unpaired) electrons. The van der Waals surface area contributed by atoms with Gasteiger partial charge in [-0.05, 0) is 49.9 Å². The average molecular weight is 362 g/mol. The summed E-state index contributed by atoms with van der Waals surface area (Å²) in [6.45, 7) is 5.63. The number of rotatable bonds is 7. The number of nitrogens with zero attached hydrogens (tertiary/aromatic N) is 2. The van der Waals surface area contributed by atoms with Gasteiger partial charge in [-0.3, -0.25) is 9.69 Å². The molecular weight excluding hydrogens is 332 g/mol. The number of likely N-dealkylation sites (tertiary alicyclic amines) is 1. The van der Waals surface area contributed by atoms with Gasteiger partial charge in [0, 0.05) is 32.2 Å². The van der Waals surface area contributed by atoms with Gasteiger partial charge in [0.15, 0.2) is 6.61 Å². The number of morpholine rings is 1. The van der Waals surface area contributed by atoms with Crippen molar-refractivity contribution < 1.29 is 19.0 Å². The van der Waals surface area contributed by atoms with Crippen LogP contribution < -0.4 is 9.47 Å². The number of methoxy groups -OCH3 is 1. The Kier molecular flexibility index (Phi) is 7.14. The van der Waals surface area contributed by atoms with Crippen LogP contribution in [-0.2, 0) is 9.53 Å². The number of amides is 1. The van der Waals surface area contributed by atoms with Gasteiger partial charge < -0.3 is 19.1 Å². The van der Waals surface area contributed by atoms with Gasteiger partial charge >= 0.3 is 0 Å². The smallest absolute Gasteiger partial charge is 0.260 e. The molecule has 2 aliphatic rings. The SMILES string of the molecule is COc1ccc(OCC(=O)N2CCCCC2CCN2CCOCC2)cc1. The van der Waals surface area contributed by atoms with Crippen LogP contribution in [0.15, 0.2) is 24.3 Å². The fourth-order valence-corrected chi connectivity index (χ4v) is 3.69. The highest BCUT2D eigenvalue weighted by atomic mass is 16.5. The van der Waals surface area contributed by atoms with Crippen molar-refractivity contribution in [1.29, 1.82) is 0 Å². The average Bonchev–Trinajstić information content (AvgIpc) is 2.72. The summed E-state index contributed by atoms with van der Waals surface area (Å²) in [6, 6.07) is 7.67. The molecule has 1 amide bonds. The van der Waals surface area contributed by atoms with E-state index in [0.717, 1.165) is 64.4 Å². The molecule has 0 aromatic heterocycles. The first-order valence-corrected chi connectivity index (χ1v) is 9.62. The predicted octanol–water partition coefficient (Wildman–Crippen LogP) is 2.18. The Bertz CT molecular complexity index is 557. The van der Waals surface area contributed by atoms with E-state index in [1.807, 2.05) is 29.2 Å². The van der Waals surface area contributed by atoms with Crippen LogP contribution in [0.5, 0.6) is 11.5 Å². The third kappa shape index (κ3) is 5.35. The number of benzene rings is 1. The second kappa shape index (κ2) is 9.78. The van der Waals surface area contributed by atoms with Gasteiger partial charge in [-0.2, -0.15) is 0 Å². The molecule has 2 aliphatic heterocycles. The van der Waals surface area contributed by atoms with Crippen LogP contribution in [0.2, 0.25) is 0 Å². The molecule has 1 atom stereocenters. The zero-order chi connectivity index (χ0) is 18.2. The van der Waals surface area contributed by atoms with Crippen LogP contribution in [0.4, 0.5) is 0 Å². The van der Waals surface area contributed by atoms with Crippen molar-refractivity contribution in [2.24, 2.45) is 0 Å². The first kappa shape index (κ1) is 19.0. The molecule has 0 aliphatic carbocycles. The van der Waals surface area contributed by atoms with Gasteiger partial charge in [-0.1, -0.05) is 0 Å². The lowest BCUT2D eigenvalue weighted by molar-refractivity contribution is -0.137. The molecule has 26 heavy (non-hydrogen) atoms. The maximum Gasteiger partial charge on any atom is 0.260 e. The lowest BCUT2D eigenvalue weighted by Gasteiger charge is -2.37. The maximum atomic E-state index is 12.7. The Morgan fingerprint density at radius 1 is 1.12 bits per heavy atom. The molecule has 144 valence electrons. The normalized spacial score (nSPS) is 21.4. The Balaban J connectivity index is 1.48. The van der Waals surface area contributed by atoms with Crippen LogP contribution in [0.25, 0.3) is 0 Å². The number of hydrogen-bond acceptors (Lipinski definition) is 5. The Morgan fingerprint density at radius 3 is 2.58 bits per heavy atom. The van der Waals surface area contributed by atoms with Crippen LogP contribution in [0, 0.1) is 0 Å². The third-order valence-electron chi connectivity index (χ3n) is 5.25. The molecule has 1 aromatic rings. The molecule has 6 heteroatoms. The molecule has 0 saturated carbocycles. The van der Waals surface area contributed by atoms with Crippen LogP contribution in [0.1, 0.15) is 25.7 Å². The van der Waals surface area contributed by atoms with Gasteiger partial charge in [-0.25, -0.2) is 0 Å². The van der Waals surface area contributed by atoms with Crippen LogP contribution >= 0.6 is 0 Å². The maximum absolute atomic E-state index is 12.7. The second-order valence-corrected chi connectivity index (χ2v) is 6.94. The van der Waals surface area contributed by atoms with Gasteiger partial charge in [0.25, 0.3) is 5.91 Å². The zero-order valence-corrected chi connectivity index (χ0v) is 15.7. The second-order valence-electron chi connectivity index (χ2n) is 6.94. The molecule has 1 unspecified atom stereocenters. The molecule has 0 bridgehead atoms. The Labute approximate surface area is 156 Å². The van der Waals surface area contributed by atoms with Crippen molar-refractivity contribution >= 4 is 5.91 Å². The first-order chi connectivity index (χ1) is 12.8. The number of carbonyl (C=O) groups excluding carboxylic acids is 1. The number of hydrogen-bond donors (Lipinski definition) is 0. The fourth-order valence-electron chi connectivity index (χ4n) is 3.69. The highest BCUT2D eigenvalue weighted by Gasteiger charge is 2.27. The lowest BCUT2D eigenvalue weighted by atomic mass is 9.99. The monoisotopic (exact) mass is 362 g/mol. The van der Waals surface area contributed by atoms with E-state index in [9.17, 15) is 4.79 Å². The molecule has 0 N–H and O–H groups in total. The molecule has 6 nitrogen and oxygen atoms in total. The highest BCUT2D eigenvalue weighted by molar-refractivity contribution is 5.78. The third-order valence-corrected chi connectivity index (χ3v) is 5.25. The van der Waals surface area contributed by atoms with Crippen molar-refractivity contribution in [2.75, 3.05) is 53.1 Å². The van der Waals surface area contributed by atoms with Crippen molar-refractivity contribution in [3.63, 3.8) is 0 Å². The molecule has 2 fully saturated rings. The summed E-state index contributed by atoms with van der Waals surface area (Å²) in [7, 11) is 1.63. The van der Waals surface area contributed by atoms with Crippen molar-refractivity contribution in [2.45, 2.75) is 31.7 Å². The fraction of sp³-hybridized carbons (Fsp3) is 0.650. The van der Waals surface area contributed by atoms with Crippen molar-refractivity contribution in [1.82, 2.24) is 9.80 Å². The Hall–Kier alpha value is -1.79. The van der Waals surface area contributed by atoms with E-state index in [-0.39, 0.29) is 12.5 Å². The van der Waals surface area contributed by atoms with E-state index in [1.165, 1.54) is 6.42 Å². The lowest BCUT2D eigenvalue weighted by Crippen LogP contribution is -2.47. The molecule has 3 rings (SSSR count). The number of carbonyl (C=O) groups is 1. The Morgan fingerprint density at radius 2 is 1.85 bits per heavy atom. The molecule has 2 heterocycles. The van der Waals surface area contributed by atoms with Crippen LogP contribution in [-0.4, -0.2) is 74.9 Å². The van der Waals surface area contributed by atoms with Gasteiger partial charge in [0.2, 0.25) is 0 Å². The quantitative estimate of drug-likeness (QED) is 0.744. The van der Waals surface area contributed by atoms with E-state index in [2.05, 4.69) is 4.90 Å². The summed E-state index contributed by atoms with van der Waals surface area (Å²) in [5, 5.41) is 0. The highest BCUT2D eigenvalue weighted by Crippen LogP contribution is 2.21. The minimum Gasteiger partial charge on any atom is -0.497 e. The largest absolute Gasteiger partial charge is 0.497 e. The van der Waals surface area contributed by atoms with Gasteiger partial charge in [0.1, 0.15) is 11.5 Å². The van der Waals surface area contributed by atoms with E-state index in [1.54, 1.807) is 7.11 Å². The summed E-state index contributed by atoms with van der Waals surface area (Å²) >= 11 is 0. The van der Waals surface area contributed by atoms with Gasteiger partial charge in [-0.15, -0.1) is 0 Å². The van der Waals surface area contributed by atoms with Crippen LogP contribution in [0.3, 0.4) is 0 Å². The zero-order valence-electron chi connectivity index (χ0n) is 15.7. The summed E-state index contributed by atoms with van der Waals surface area (Å²) in [4.78, 5) is 17.2. The number of piperidine rings is 1. The van der Waals surface area contributed by atoms with Gasteiger partial charge in [0.05, 0.1) is 20.3 Å². The standard InChI is InChI=1S/C20H30N2O4/c1-24-18-5-7-19(8-6-18)26-16-20(23)22-10-3-2-4-17(22)9-11-21-12-14-25-15-13-21/h5-8,17H,2-4,9-16H2,1H3. The topological polar surface area (TPSA) is 51.2 Å². The minimum absolute atomic E-state index is 0.0903. The first-order valence-electron chi connectivity index (χ1n) is 9.62. The minimum atomic E-state index is 0.0903. The van der Waals surface area contributed by atoms with E-state index < -0.39 is 0 Å². The summed E-state index contributed by atoms with van der Waals surface area (Å²) < 4.78 is 16.2. The van der Waals surface area contributed by atoms with E-state index >= 15 is 0 Å². The molecule has 0 spiro atoms. The summed E-state index contributed by atoms with van der Waals surface area (Å²) in [5.41, 5.74) is 0. The molecular formula is C20H30N2O4. The van der Waals surface area contributed by atoms with E-state index in [0.29, 0.717) is 11.8 Å². The van der Waals surface area contributed by atoms with Crippen molar-refractivity contribution in [3.05, 3.63) is 24.3 Å². The summed E-state index contributed by atoms with van der Waals surface area (Å²) in [5.74, 6) is 1.57. The number of ether oxygens (including phenoxy) is 3. The molecule has 1 aromatic carbocycles. The van der Waals surface area contributed by atoms with Crippen molar-refractivity contribution in [3.8, 4) is 11.5 Å². The predicted molar refractivity (Wildman–Crippen MR) is 99.7 cm³/mol. The molecule has 2 saturated heterocycles. The van der Waals surface area contributed by atoms with E-state index in [4.69, 9.17) is 14.2 Å². The summed E-state index contributed by atoms with van der Waals surface area (Å²) in [6.07, 6.45) is 4.42.